The smallest absolute Gasteiger partial charge is 0.337 e. The first kappa shape index (κ1) is 14.9. The van der Waals surface area contributed by atoms with Crippen LogP contribution in [-0.4, -0.2) is 34.6 Å². The van der Waals surface area contributed by atoms with Crippen molar-refractivity contribution in [1.29, 1.82) is 0 Å². The average molecular weight is 282 g/mol. The molecule has 0 radical (unpaired) electrons. The molecule has 21 heavy (non-hydrogen) atoms. The molecule has 0 bridgehead atoms. The number of likely N-dealkylation sites (N-methyl/N-ethyl adjacent to an activating group) is 1. The Balaban J connectivity index is 1.95. The minimum Gasteiger partial charge on any atom is -0.478 e. The van der Waals surface area contributed by atoms with E-state index in [2.05, 4.69) is 11.1 Å². The molecule has 0 saturated heterocycles. The quantitative estimate of drug-likeness (QED) is 0.885. The third-order valence-electron chi connectivity index (χ3n) is 3.07. The molecule has 4 heteroatoms. The molecule has 2 rings (SSSR count). The third kappa shape index (κ3) is 4.54. The van der Waals surface area contributed by atoms with Gasteiger partial charge in [0.1, 0.15) is 0 Å². The van der Waals surface area contributed by atoms with Gasteiger partial charge in [0.05, 0.1) is 11.3 Å². The number of carbonyl (C=O) groups is 1. The minimum atomic E-state index is -0.939. The van der Waals surface area contributed by atoms with Gasteiger partial charge in [-0.1, -0.05) is 42.5 Å². The highest BCUT2D eigenvalue weighted by Crippen LogP contribution is 2.08. The summed E-state index contributed by atoms with van der Waals surface area (Å²) in [4.78, 5) is 17.3. The lowest BCUT2D eigenvalue weighted by Gasteiger charge is -2.14. The topological polar surface area (TPSA) is 53.4 Å². The molecule has 0 saturated carbocycles. The van der Waals surface area contributed by atoms with E-state index in [1.165, 1.54) is 0 Å². The van der Waals surface area contributed by atoms with Crippen molar-refractivity contribution < 1.29 is 9.90 Å². The molecule has 0 spiro atoms. The molecule has 0 aliphatic carbocycles. The van der Waals surface area contributed by atoms with Crippen LogP contribution in [0.3, 0.4) is 0 Å². The molecular formula is C17H18N2O2. The Labute approximate surface area is 124 Å². The van der Waals surface area contributed by atoms with Crippen LogP contribution in [0.1, 0.15) is 21.6 Å². The van der Waals surface area contributed by atoms with Crippen LogP contribution in [0.4, 0.5) is 0 Å². The first-order chi connectivity index (χ1) is 10.2. The fourth-order valence-corrected chi connectivity index (χ4v) is 2.01. The van der Waals surface area contributed by atoms with E-state index in [1.54, 1.807) is 18.3 Å². The maximum Gasteiger partial charge on any atom is 0.337 e. The van der Waals surface area contributed by atoms with E-state index in [-0.39, 0.29) is 5.56 Å². The summed E-state index contributed by atoms with van der Waals surface area (Å²) in [5.41, 5.74) is 1.99. The molecule has 0 unspecified atom stereocenters. The van der Waals surface area contributed by atoms with E-state index < -0.39 is 5.97 Å². The SMILES string of the molecule is CN(C/C=C/c1ccccc1)Cc1ncccc1C(=O)O. The van der Waals surface area contributed by atoms with Crippen LogP contribution in [0.15, 0.2) is 54.7 Å². The van der Waals surface area contributed by atoms with Crippen LogP contribution in [-0.2, 0) is 6.54 Å². The van der Waals surface area contributed by atoms with Gasteiger partial charge >= 0.3 is 5.97 Å². The summed E-state index contributed by atoms with van der Waals surface area (Å²) < 4.78 is 0. The van der Waals surface area contributed by atoms with Crippen LogP contribution in [0, 0.1) is 0 Å². The maximum atomic E-state index is 11.1. The molecule has 108 valence electrons. The van der Waals surface area contributed by atoms with E-state index in [1.807, 2.05) is 48.4 Å². The lowest BCUT2D eigenvalue weighted by atomic mass is 10.2. The second-order valence-electron chi connectivity index (χ2n) is 4.81. The first-order valence-electron chi connectivity index (χ1n) is 6.74. The van der Waals surface area contributed by atoms with Crippen LogP contribution in [0.25, 0.3) is 6.08 Å². The van der Waals surface area contributed by atoms with Crippen molar-refractivity contribution >= 4 is 12.0 Å². The number of benzene rings is 1. The zero-order valence-corrected chi connectivity index (χ0v) is 11.9. The lowest BCUT2D eigenvalue weighted by molar-refractivity contribution is 0.0694. The number of rotatable bonds is 6. The van der Waals surface area contributed by atoms with Gasteiger partial charge in [-0.15, -0.1) is 0 Å². The normalized spacial score (nSPS) is 11.1. The van der Waals surface area contributed by atoms with Crippen molar-refractivity contribution in [3.05, 3.63) is 71.6 Å². The number of aromatic carboxylic acids is 1. The predicted octanol–water partition coefficient (Wildman–Crippen LogP) is 2.93. The van der Waals surface area contributed by atoms with Gasteiger partial charge in [0, 0.05) is 19.3 Å². The molecule has 0 aliphatic rings. The summed E-state index contributed by atoms with van der Waals surface area (Å²) in [6, 6.07) is 13.3. The molecule has 0 fully saturated rings. The fourth-order valence-electron chi connectivity index (χ4n) is 2.01. The second kappa shape index (κ2) is 7.36. The van der Waals surface area contributed by atoms with Crippen LogP contribution < -0.4 is 0 Å². The Morgan fingerprint density at radius 2 is 2.00 bits per heavy atom. The van der Waals surface area contributed by atoms with Crippen LogP contribution >= 0.6 is 0 Å². The van der Waals surface area contributed by atoms with E-state index in [4.69, 9.17) is 5.11 Å². The Kier molecular flexibility index (Phi) is 5.23. The lowest BCUT2D eigenvalue weighted by Crippen LogP contribution is -2.20. The van der Waals surface area contributed by atoms with Crippen molar-refractivity contribution in [2.24, 2.45) is 0 Å². The predicted molar refractivity (Wildman–Crippen MR) is 83.0 cm³/mol. The van der Waals surface area contributed by atoms with E-state index >= 15 is 0 Å². The van der Waals surface area contributed by atoms with Gasteiger partial charge in [-0.25, -0.2) is 4.79 Å². The van der Waals surface area contributed by atoms with Crippen molar-refractivity contribution in [3.63, 3.8) is 0 Å². The van der Waals surface area contributed by atoms with Crippen molar-refractivity contribution in [2.75, 3.05) is 13.6 Å². The summed E-state index contributed by atoms with van der Waals surface area (Å²) >= 11 is 0. The van der Waals surface area contributed by atoms with E-state index in [0.717, 1.165) is 12.1 Å². The standard InChI is InChI=1S/C17H18N2O2/c1-19(12-6-9-14-7-3-2-4-8-14)13-16-15(17(20)21)10-5-11-18-16/h2-11H,12-13H2,1H3,(H,20,21)/b9-6+. The number of nitrogens with zero attached hydrogens (tertiary/aromatic N) is 2. The molecule has 2 aromatic rings. The Bertz CT molecular complexity index is 624. The summed E-state index contributed by atoms with van der Waals surface area (Å²) in [5, 5.41) is 9.13. The van der Waals surface area contributed by atoms with Crippen molar-refractivity contribution in [2.45, 2.75) is 6.54 Å². The summed E-state index contributed by atoms with van der Waals surface area (Å²) in [7, 11) is 1.94. The monoisotopic (exact) mass is 282 g/mol. The number of hydrogen-bond acceptors (Lipinski definition) is 3. The highest BCUT2D eigenvalue weighted by Gasteiger charge is 2.11. The molecule has 1 heterocycles. The zero-order chi connectivity index (χ0) is 15.1. The molecule has 0 aliphatic heterocycles. The zero-order valence-electron chi connectivity index (χ0n) is 11.9. The maximum absolute atomic E-state index is 11.1. The molecule has 0 atom stereocenters. The van der Waals surface area contributed by atoms with Gasteiger partial charge in [-0.05, 0) is 24.7 Å². The van der Waals surface area contributed by atoms with E-state index in [0.29, 0.717) is 12.2 Å². The molecule has 0 amide bonds. The van der Waals surface area contributed by atoms with Crippen molar-refractivity contribution in [3.8, 4) is 0 Å². The average Bonchev–Trinajstić information content (AvgIpc) is 2.48. The Morgan fingerprint density at radius 3 is 2.71 bits per heavy atom. The molecule has 4 nitrogen and oxygen atoms in total. The van der Waals surface area contributed by atoms with Gasteiger partial charge in [0.15, 0.2) is 0 Å². The molecular weight excluding hydrogens is 264 g/mol. The third-order valence-corrected chi connectivity index (χ3v) is 3.07. The molecule has 1 aromatic carbocycles. The summed E-state index contributed by atoms with van der Waals surface area (Å²) in [6.07, 6.45) is 5.72. The number of hydrogen-bond donors (Lipinski definition) is 1. The van der Waals surface area contributed by atoms with Gasteiger partial charge in [-0.2, -0.15) is 0 Å². The van der Waals surface area contributed by atoms with Gasteiger partial charge in [-0.3, -0.25) is 9.88 Å². The van der Waals surface area contributed by atoms with Gasteiger partial charge < -0.3 is 5.11 Å². The second-order valence-corrected chi connectivity index (χ2v) is 4.81. The largest absolute Gasteiger partial charge is 0.478 e. The highest BCUT2D eigenvalue weighted by atomic mass is 16.4. The minimum absolute atomic E-state index is 0.261. The number of carboxylic acids is 1. The van der Waals surface area contributed by atoms with E-state index in [9.17, 15) is 4.79 Å². The number of pyridine rings is 1. The number of aromatic nitrogens is 1. The molecule has 1 aromatic heterocycles. The van der Waals surface area contributed by atoms with Gasteiger partial charge in [0.25, 0.3) is 0 Å². The Morgan fingerprint density at radius 1 is 1.24 bits per heavy atom. The van der Waals surface area contributed by atoms with Gasteiger partial charge in [0.2, 0.25) is 0 Å². The fraction of sp³-hybridized carbons (Fsp3) is 0.176. The molecule has 1 N–H and O–H groups in total. The van der Waals surface area contributed by atoms with Crippen LogP contribution in [0.2, 0.25) is 0 Å². The van der Waals surface area contributed by atoms with Crippen molar-refractivity contribution in [1.82, 2.24) is 9.88 Å². The summed E-state index contributed by atoms with van der Waals surface area (Å²) in [6.45, 7) is 1.23. The van der Waals surface area contributed by atoms with Crippen LogP contribution in [0.5, 0.6) is 0 Å². The summed E-state index contributed by atoms with van der Waals surface area (Å²) in [5.74, 6) is -0.939. The first-order valence-corrected chi connectivity index (χ1v) is 6.74. The number of carboxylic acid groups (broad SMARTS) is 1. The highest BCUT2D eigenvalue weighted by molar-refractivity contribution is 5.88. The Hall–Kier alpha value is -2.46.